The highest BCUT2D eigenvalue weighted by molar-refractivity contribution is 5.92. The van der Waals surface area contributed by atoms with Crippen LogP contribution >= 0.6 is 0 Å². The molecule has 1 heterocycles. The van der Waals surface area contributed by atoms with Crippen molar-refractivity contribution in [1.29, 1.82) is 0 Å². The van der Waals surface area contributed by atoms with Crippen LogP contribution in [-0.4, -0.2) is 49.3 Å². The maximum Gasteiger partial charge on any atom is 0.243 e. The van der Waals surface area contributed by atoms with Crippen molar-refractivity contribution in [2.45, 2.75) is 51.0 Å². The fourth-order valence-corrected chi connectivity index (χ4v) is 3.84. The summed E-state index contributed by atoms with van der Waals surface area (Å²) in [4.78, 5) is 49.2. The van der Waals surface area contributed by atoms with E-state index in [1.54, 1.807) is 0 Å². The van der Waals surface area contributed by atoms with Crippen molar-refractivity contribution >= 4 is 34.4 Å². The summed E-state index contributed by atoms with van der Waals surface area (Å²) in [5.74, 6) is -1.32. The van der Waals surface area contributed by atoms with E-state index in [9.17, 15) is 19.2 Å². The Morgan fingerprint density at radius 3 is 2.24 bits per heavy atom. The van der Waals surface area contributed by atoms with Crippen LogP contribution in [0.5, 0.6) is 0 Å². The molecule has 3 rings (SSSR count). The summed E-state index contributed by atoms with van der Waals surface area (Å²) >= 11 is 0. The number of hydrogen-bond acceptors (Lipinski definition) is 4. The van der Waals surface area contributed by atoms with Crippen LogP contribution in [0.15, 0.2) is 42.5 Å². The SMILES string of the molecule is O=C1CNC(=O)CNC(=O)C(Cc2ccc3ccccc3c2)NC(=O)CCCCCCCN1. The molecule has 2 aromatic carbocycles. The van der Waals surface area contributed by atoms with Gasteiger partial charge in [-0.2, -0.15) is 0 Å². The lowest BCUT2D eigenvalue weighted by atomic mass is 10.0. The maximum atomic E-state index is 12.8. The molecule has 1 atom stereocenters. The largest absolute Gasteiger partial charge is 0.355 e. The molecule has 1 aliphatic rings. The van der Waals surface area contributed by atoms with E-state index in [1.807, 2.05) is 42.5 Å². The number of carbonyl (C=O) groups excluding carboxylic acids is 4. The van der Waals surface area contributed by atoms with Crippen LogP contribution < -0.4 is 21.3 Å². The molecule has 176 valence electrons. The second-order valence-electron chi connectivity index (χ2n) is 8.37. The predicted octanol–water partition coefficient (Wildman–Crippen LogP) is 1.57. The zero-order chi connectivity index (χ0) is 23.5. The number of nitrogens with one attached hydrogen (secondary N) is 4. The fourth-order valence-electron chi connectivity index (χ4n) is 3.84. The third-order valence-corrected chi connectivity index (χ3v) is 5.68. The molecule has 4 amide bonds. The average Bonchev–Trinajstić information content (AvgIpc) is 2.81. The van der Waals surface area contributed by atoms with Gasteiger partial charge in [0.1, 0.15) is 6.04 Å². The van der Waals surface area contributed by atoms with Crippen LogP contribution in [0.3, 0.4) is 0 Å². The molecule has 1 unspecified atom stereocenters. The van der Waals surface area contributed by atoms with E-state index < -0.39 is 17.9 Å². The molecule has 4 N–H and O–H groups in total. The number of amides is 4. The van der Waals surface area contributed by atoms with Crippen LogP contribution in [-0.2, 0) is 25.6 Å². The molecule has 0 radical (unpaired) electrons. The van der Waals surface area contributed by atoms with E-state index in [0.29, 0.717) is 19.4 Å². The van der Waals surface area contributed by atoms with Gasteiger partial charge in [0.05, 0.1) is 13.1 Å². The van der Waals surface area contributed by atoms with Crippen molar-refractivity contribution in [3.8, 4) is 0 Å². The summed E-state index contributed by atoms with van der Waals surface area (Å²) in [5, 5.41) is 12.8. The second-order valence-corrected chi connectivity index (χ2v) is 8.37. The van der Waals surface area contributed by atoms with Gasteiger partial charge in [-0.25, -0.2) is 0 Å². The molecule has 1 saturated heterocycles. The minimum absolute atomic E-state index is 0.133. The van der Waals surface area contributed by atoms with Gasteiger partial charge in [0.2, 0.25) is 23.6 Å². The van der Waals surface area contributed by atoms with Crippen LogP contribution in [0.4, 0.5) is 0 Å². The normalized spacial score (nSPS) is 20.1. The monoisotopic (exact) mass is 452 g/mol. The van der Waals surface area contributed by atoms with Gasteiger partial charge >= 0.3 is 0 Å². The number of rotatable bonds is 2. The first kappa shape index (κ1) is 24.2. The van der Waals surface area contributed by atoms with Gasteiger partial charge in [-0.3, -0.25) is 19.2 Å². The molecule has 1 fully saturated rings. The Morgan fingerprint density at radius 2 is 1.39 bits per heavy atom. The van der Waals surface area contributed by atoms with Gasteiger partial charge in [-0.1, -0.05) is 61.7 Å². The minimum atomic E-state index is -0.798. The molecule has 0 spiro atoms. The summed E-state index contributed by atoms with van der Waals surface area (Å²) in [6.45, 7) is 0.157. The molecular weight excluding hydrogens is 420 g/mol. The zero-order valence-electron chi connectivity index (χ0n) is 18.8. The van der Waals surface area contributed by atoms with Crippen LogP contribution in [0.1, 0.15) is 44.1 Å². The molecule has 1 aliphatic heterocycles. The van der Waals surface area contributed by atoms with Gasteiger partial charge in [-0.05, 0) is 29.2 Å². The number of carbonyl (C=O) groups is 4. The molecule has 8 heteroatoms. The van der Waals surface area contributed by atoms with E-state index in [1.165, 1.54) is 0 Å². The lowest BCUT2D eigenvalue weighted by molar-refractivity contribution is -0.130. The van der Waals surface area contributed by atoms with E-state index >= 15 is 0 Å². The molecule has 0 aromatic heterocycles. The van der Waals surface area contributed by atoms with Gasteiger partial charge in [0, 0.05) is 19.4 Å². The van der Waals surface area contributed by atoms with Crippen molar-refractivity contribution in [3.63, 3.8) is 0 Å². The molecule has 0 bridgehead atoms. The number of fused-ring (bicyclic) bond motifs is 1. The first-order chi connectivity index (χ1) is 16.0. The second kappa shape index (κ2) is 12.6. The van der Waals surface area contributed by atoms with Gasteiger partial charge in [0.15, 0.2) is 0 Å². The Labute approximate surface area is 193 Å². The standard InChI is InChI=1S/C25H32N4O4/c30-22-10-4-2-1-3-7-13-26-23(31)16-27-24(32)17-28-25(33)21(29-22)15-18-11-12-19-8-5-6-9-20(19)14-18/h5-6,8-9,11-12,14,21H,1-4,7,10,13,15-17H2,(H,26,31)(H,27,32)(H,28,33)(H,29,30). The van der Waals surface area contributed by atoms with Crippen LogP contribution in [0, 0.1) is 0 Å². The Hall–Kier alpha value is -3.42. The van der Waals surface area contributed by atoms with Crippen molar-refractivity contribution in [1.82, 2.24) is 21.3 Å². The third-order valence-electron chi connectivity index (χ3n) is 5.68. The molecular formula is C25H32N4O4. The summed E-state index contributed by atoms with van der Waals surface area (Å²) in [6, 6.07) is 13.1. The van der Waals surface area contributed by atoms with Gasteiger partial charge in [0.25, 0.3) is 0 Å². The van der Waals surface area contributed by atoms with E-state index in [-0.39, 0.29) is 24.9 Å². The highest BCUT2D eigenvalue weighted by Gasteiger charge is 2.22. The topological polar surface area (TPSA) is 116 Å². The Kier molecular flexibility index (Phi) is 9.23. The quantitative estimate of drug-likeness (QED) is 0.553. The van der Waals surface area contributed by atoms with Gasteiger partial charge in [-0.15, -0.1) is 0 Å². The zero-order valence-corrected chi connectivity index (χ0v) is 18.8. The third kappa shape index (κ3) is 8.21. The first-order valence-corrected chi connectivity index (χ1v) is 11.6. The summed E-state index contributed by atoms with van der Waals surface area (Å²) in [5.41, 5.74) is 0.914. The van der Waals surface area contributed by atoms with E-state index in [4.69, 9.17) is 0 Å². The van der Waals surface area contributed by atoms with Crippen molar-refractivity contribution < 1.29 is 19.2 Å². The summed E-state index contributed by atoms with van der Waals surface area (Å²) in [6.07, 6.45) is 5.10. The van der Waals surface area contributed by atoms with Crippen molar-refractivity contribution in [3.05, 3.63) is 48.0 Å². The van der Waals surface area contributed by atoms with Crippen molar-refractivity contribution in [2.24, 2.45) is 0 Å². The minimum Gasteiger partial charge on any atom is -0.355 e. The highest BCUT2D eigenvalue weighted by atomic mass is 16.2. The van der Waals surface area contributed by atoms with Crippen molar-refractivity contribution in [2.75, 3.05) is 19.6 Å². The lowest BCUT2D eigenvalue weighted by Crippen LogP contribution is -2.50. The van der Waals surface area contributed by atoms with E-state index in [2.05, 4.69) is 21.3 Å². The molecule has 33 heavy (non-hydrogen) atoms. The molecule has 0 aliphatic carbocycles. The van der Waals surface area contributed by atoms with E-state index in [0.717, 1.165) is 48.4 Å². The van der Waals surface area contributed by atoms with Gasteiger partial charge < -0.3 is 21.3 Å². The fraction of sp³-hybridized carbons (Fsp3) is 0.440. The Morgan fingerprint density at radius 1 is 0.697 bits per heavy atom. The molecule has 0 saturated carbocycles. The van der Waals surface area contributed by atoms with Crippen LogP contribution in [0.25, 0.3) is 10.8 Å². The highest BCUT2D eigenvalue weighted by Crippen LogP contribution is 2.17. The maximum absolute atomic E-state index is 12.8. The number of benzene rings is 2. The summed E-state index contributed by atoms with van der Waals surface area (Å²) < 4.78 is 0. The smallest absolute Gasteiger partial charge is 0.243 e. The van der Waals surface area contributed by atoms with Crippen LogP contribution in [0.2, 0.25) is 0 Å². The Bertz CT molecular complexity index is 991. The molecule has 2 aromatic rings. The first-order valence-electron chi connectivity index (χ1n) is 11.6. The molecule has 8 nitrogen and oxygen atoms in total. The average molecular weight is 453 g/mol. The Balaban J connectivity index is 1.68. The lowest BCUT2D eigenvalue weighted by Gasteiger charge is -2.19. The summed E-state index contributed by atoms with van der Waals surface area (Å²) in [7, 11) is 0. The predicted molar refractivity (Wildman–Crippen MR) is 126 cm³/mol. The number of hydrogen-bond donors (Lipinski definition) is 4.